The van der Waals surface area contributed by atoms with Crippen molar-refractivity contribution in [3.63, 3.8) is 0 Å². The van der Waals surface area contributed by atoms with Crippen molar-refractivity contribution < 1.29 is 9.84 Å². The Morgan fingerprint density at radius 2 is 2.00 bits per heavy atom. The van der Waals surface area contributed by atoms with Gasteiger partial charge in [-0.3, -0.25) is 4.90 Å². The third kappa shape index (κ3) is 4.90. The number of rotatable bonds is 7. The van der Waals surface area contributed by atoms with Gasteiger partial charge in [-0.05, 0) is 37.9 Å². The Kier molecular flexibility index (Phi) is 6.33. The summed E-state index contributed by atoms with van der Waals surface area (Å²) in [6.07, 6.45) is 2.76. The molecule has 1 N–H and O–H groups in total. The molecular weight excluding hydrogens is 264 g/mol. The zero-order valence-corrected chi connectivity index (χ0v) is 13.3. The van der Waals surface area contributed by atoms with Crippen LogP contribution in [-0.4, -0.2) is 55.9 Å². The zero-order valence-electron chi connectivity index (χ0n) is 13.3. The van der Waals surface area contributed by atoms with Crippen molar-refractivity contribution in [2.75, 3.05) is 44.7 Å². The molecule has 1 aliphatic heterocycles. The van der Waals surface area contributed by atoms with E-state index in [1.54, 1.807) is 7.11 Å². The van der Waals surface area contributed by atoms with Crippen LogP contribution in [0.2, 0.25) is 0 Å². The van der Waals surface area contributed by atoms with E-state index in [4.69, 9.17) is 4.74 Å². The van der Waals surface area contributed by atoms with Crippen LogP contribution < -0.4 is 9.64 Å². The molecular formula is C17H28N2O2. The molecule has 0 radical (unpaired) electrons. The van der Waals surface area contributed by atoms with Crippen molar-refractivity contribution in [1.29, 1.82) is 0 Å². The lowest BCUT2D eigenvalue weighted by atomic mass is 10.1. The van der Waals surface area contributed by atoms with Crippen molar-refractivity contribution in [3.8, 4) is 5.75 Å². The highest BCUT2D eigenvalue weighted by Crippen LogP contribution is 2.22. The van der Waals surface area contributed by atoms with Crippen LogP contribution >= 0.6 is 0 Å². The number of nitrogens with zero attached hydrogens (tertiary/aromatic N) is 2. The van der Waals surface area contributed by atoms with Crippen LogP contribution in [0.15, 0.2) is 24.3 Å². The number of aliphatic hydroxyl groups excluding tert-OH is 1. The number of aliphatic hydroxyl groups is 1. The van der Waals surface area contributed by atoms with Gasteiger partial charge in [-0.15, -0.1) is 0 Å². The van der Waals surface area contributed by atoms with Gasteiger partial charge in [0.2, 0.25) is 0 Å². The molecule has 0 bridgehead atoms. The van der Waals surface area contributed by atoms with Crippen molar-refractivity contribution >= 4 is 5.69 Å². The topological polar surface area (TPSA) is 35.9 Å². The van der Waals surface area contributed by atoms with E-state index in [-0.39, 0.29) is 6.10 Å². The van der Waals surface area contributed by atoms with Crippen molar-refractivity contribution in [2.45, 2.75) is 32.3 Å². The molecule has 1 fully saturated rings. The second kappa shape index (κ2) is 8.25. The van der Waals surface area contributed by atoms with Gasteiger partial charge in [0.15, 0.2) is 0 Å². The molecule has 4 heteroatoms. The normalized spacial score (nSPS) is 17.8. The average molecular weight is 292 g/mol. The molecule has 1 heterocycles. The van der Waals surface area contributed by atoms with Crippen LogP contribution in [0.5, 0.6) is 5.75 Å². The number of hydrogen-bond acceptors (Lipinski definition) is 4. The standard InChI is InChI=1S/C17H28N2O2/c1-3-16(20)7-5-9-18-10-12-19(13-11-18)15-6-4-8-17(14-15)21-2/h4,6,8,14,16,20H,3,5,7,9-13H2,1-2H3. The molecule has 1 unspecified atom stereocenters. The molecule has 0 aromatic heterocycles. The fourth-order valence-electron chi connectivity index (χ4n) is 2.79. The molecule has 21 heavy (non-hydrogen) atoms. The van der Waals surface area contributed by atoms with E-state index in [0.717, 1.165) is 57.7 Å². The fraction of sp³-hybridized carbons (Fsp3) is 0.647. The summed E-state index contributed by atoms with van der Waals surface area (Å²) >= 11 is 0. The van der Waals surface area contributed by atoms with Gasteiger partial charge in [-0.25, -0.2) is 0 Å². The monoisotopic (exact) mass is 292 g/mol. The molecule has 0 saturated carbocycles. The maximum Gasteiger partial charge on any atom is 0.120 e. The lowest BCUT2D eigenvalue weighted by Crippen LogP contribution is -2.46. The molecule has 2 rings (SSSR count). The smallest absolute Gasteiger partial charge is 0.120 e. The molecule has 1 aromatic carbocycles. The highest BCUT2D eigenvalue weighted by Gasteiger charge is 2.17. The van der Waals surface area contributed by atoms with E-state index in [2.05, 4.69) is 21.9 Å². The highest BCUT2D eigenvalue weighted by atomic mass is 16.5. The van der Waals surface area contributed by atoms with Crippen LogP contribution in [-0.2, 0) is 0 Å². The highest BCUT2D eigenvalue weighted by molar-refractivity contribution is 5.51. The number of ether oxygens (including phenoxy) is 1. The SMILES string of the molecule is CCC(O)CCCN1CCN(c2cccc(OC)c2)CC1. The Labute approximate surface area is 128 Å². The fourth-order valence-corrected chi connectivity index (χ4v) is 2.79. The summed E-state index contributed by atoms with van der Waals surface area (Å²) in [4.78, 5) is 4.92. The first kappa shape index (κ1) is 16.1. The molecule has 1 saturated heterocycles. The second-order valence-electron chi connectivity index (χ2n) is 5.73. The Morgan fingerprint density at radius 3 is 2.67 bits per heavy atom. The van der Waals surface area contributed by atoms with Crippen LogP contribution in [0, 0.1) is 0 Å². The first-order chi connectivity index (χ1) is 10.2. The van der Waals surface area contributed by atoms with Gasteiger partial charge >= 0.3 is 0 Å². The summed E-state index contributed by atoms with van der Waals surface area (Å²) in [7, 11) is 1.71. The number of methoxy groups -OCH3 is 1. The number of hydrogen-bond donors (Lipinski definition) is 1. The Hall–Kier alpha value is -1.26. The minimum absolute atomic E-state index is 0.122. The number of anilines is 1. The second-order valence-corrected chi connectivity index (χ2v) is 5.73. The Bertz CT molecular complexity index is 417. The van der Waals surface area contributed by atoms with Gasteiger partial charge in [0, 0.05) is 37.9 Å². The van der Waals surface area contributed by atoms with E-state index in [1.165, 1.54) is 5.69 Å². The number of piperazine rings is 1. The van der Waals surface area contributed by atoms with Gasteiger partial charge in [0.25, 0.3) is 0 Å². The van der Waals surface area contributed by atoms with Crippen molar-refractivity contribution in [3.05, 3.63) is 24.3 Å². The lowest BCUT2D eigenvalue weighted by molar-refractivity contribution is 0.148. The van der Waals surface area contributed by atoms with Crippen LogP contribution in [0.25, 0.3) is 0 Å². The number of benzene rings is 1. The van der Waals surface area contributed by atoms with Crippen molar-refractivity contribution in [1.82, 2.24) is 4.90 Å². The summed E-state index contributed by atoms with van der Waals surface area (Å²) in [5.41, 5.74) is 1.25. The first-order valence-electron chi connectivity index (χ1n) is 8.02. The third-order valence-corrected chi connectivity index (χ3v) is 4.27. The van der Waals surface area contributed by atoms with Gasteiger partial charge in [0.05, 0.1) is 13.2 Å². The van der Waals surface area contributed by atoms with E-state index >= 15 is 0 Å². The van der Waals surface area contributed by atoms with Crippen molar-refractivity contribution in [2.24, 2.45) is 0 Å². The zero-order chi connectivity index (χ0) is 15.1. The van der Waals surface area contributed by atoms with Gasteiger partial charge in [-0.1, -0.05) is 13.0 Å². The quantitative estimate of drug-likeness (QED) is 0.837. The van der Waals surface area contributed by atoms with E-state index in [1.807, 2.05) is 19.1 Å². The van der Waals surface area contributed by atoms with Gasteiger partial charge in [-0.2, -0.15) is 0 Å². The summed E-state index contributed by atoms with van der Waals surface area (Å²) in [6.45, 7) is 7.45. The molecule has 4 nitrogen and oxygen atoms in total. The molecule has 1 aromatic rings. The first-order valence-corrected chi connectivity index (χ1v) is 8.02. The molecule has 0 amide bonds. The predicted octanol–water partition coefficient (Wildman–Crippen LogP) is 2.37. The Balaban J connectivity index is 1.75. The third-order valence-electron chi connectivity index (χ3n) is 4.27. The summed E-state index contributed by atoms with van der Waals surface area (Å²) in [6, 6.07) is 8.29. The summed E-state index contributed by atoms with van der Waals surface area (Å²) in [5, 5.41) is 9.59. The maximum absolute atomic E-state index is 9.59. The van der Waals surface area contributed by atoms with E-state index < -0.39 is 0 Å². The molecule has 118 valence electrons. The minimum Gasteiger partial charge on any atom is -0.497 e. The molecule has 0 spiro atoms. The largest absolute Gasteiger partial charge is 0.497 e. The lowest BCUT2D eigenvalue weighted by Gasteiger charge is -2.36. The van der Waals surface area contributed by atoms with E-state index in [9.17, 15) is 5.11 Å². The summed E-state index contributed by atoms with van der Waals surface area (Å²) < 4.78 is 5.29. The van der Waals surface area contributed by atoms with E-state index in [0.29, 0.717) is 0 Å². The van der Waals surface area contributed by atoms with Crippen LogP contribution in [0.1, 0.15) is 26.2 Å². The predicted molar refractivity (Wildman–Crippen MR) is 87.2 cm³/mol. The molecule has 1 atom stereocenters. The van der Waals surface area contributed by atoms with Gasteiger partial charge in [0.1, 0.15) is 5.75 Å². The van der Waals surface area contributed by atoms with Crippen LogP contribution in [0.3, 0.4) is 0 Å². The minimum atomic E-state index is -0.122. The molecule has 0 aliphatic carbocycles. The molecule has 1 aliphatic rings. The maximum atomic E-state index is 9.59. The average Bonchev–Trinajstić information content (AvgIpc) is 2.55. The van der Waals surface area contributed by atoms with Gasteiger partial charge < -0.3 is 14.7 Å². The van der Waals surface area contributed by atoms with Crippen LogP contribution in [0.4, 0.5) is 5.69 Å². The Morgan fingerprint density at radius 1 is 1.24 bits per heavy atom. The summed E-state index contributed by atoms with van der Waals surface area (Å²) in [5.74, 6) is 0.920.